The van der Waals surface area contributed by atoms with E-state index >= 15 is 0 Å². The van der Waals surface area contributed by atoms with Crippen molar-refractivity contribution in [2.45, 2.75) is 51.0 Å². The molecule has 0 saturated carbocycles. The van der Waals surface area contributed by atoms with Gasteiger partial charge >= 0.3 is 0 Å². The summed E-state index contributed by atoms with van der Waals surface area (Å²) >= 11 is 0. The van der Waals surface area contributed by atoms with Crippen molar-refractivity contribution in [2.24, 2.45) is 4.99 Å². The smallest absolute Gasteiger partial charge is 0.269 e. The molecule has 2 amide bonds. The lowest BCUT2D eigenvalue weighted by Crippen LogP contribution is -2.42. The van der Waals surface area contributed by atoms with Crippen molar-refractivity contribution in [3.05, 3.63) is 83.4 Å². The van der Waals surface area contributed by atoms with Gasteiger partial charge in [-0.2, -0.15) is 10.2 Å². The number of ether oxygens (including phenoxy) is 2. The van der Waals surface area contributed by atoms with E-state index in [4.69, 9.17) is 14.6 Å². The van der Waals surface area contributed by atoms with Crippen LogP contribution in [-0.2, 0) is 16.1 Å². The standard InChI is InChI=1S/C31H30FN7O4/c1-18-10-13-38-31(43-18)24(26(37-38)20-16-33-39(17-20)21-11-14-42-15-12-21)29(40)36-28-30(41)35-27-22(8-5-9-23(27)32)25(34-28)19-6-3-2-4-7-19/h2-9,16-18,21,28H,10-15H2,1H3,(H,35,41)(H,36,40)/t18-,28-/m1/s1. The summed E-state index contributed by atoms with van der Waals surface area (Å²) in [7, 11) is 0. The third kappa shape index (κ3) is 5.07. The Morgan fingerprint density at radius 1 is 1.07 bits per heavy atom. The average molecular weight is 584 g/mol. The van der Waals surface area contributed by atoms with Crippen molar-refractivity contribution >= 4 is 23.2 Å². The molecule has 0 aliphatic carbocycles. The molecule has 2 atom stereocenters. The monoisotopic (exact) mass is 583 g/mol. The highest BCUT2D eigenvalue weighted by Crippen LogP contribution is 2.35. The minimum atomic E-state index is -1.36. The number of hydrogen-bond donors (Lipinski definition) is 2. The van der Waals surface area contributed by atoms with Crippen molar-refractivity contribution in [3.63, 3.8) is 0 Å². The van der Waals surface area contributed by atoms with Gasteiger partial charge in [-0.25, -0.2) is 14.1 Å². The number of halogens is 1. The molecule has 1 saturated heterocycles. The van der Waals surface area contributed by atoms with Crippen molar-refractivity contribution in [1.82, 2.24) is 24.9 Å². The normalized spacial score (nSPS) is 20.2. The molecule has 3 aliphatic rings. The Bertz CT molecular complexity index is 1720. The van der Waals surface area contributed by atoms with E-state index in [0.29, 0.717) is 53.7 Å². The van der Waals surface area contributed by atoms with E-state index in [2.05, 4.69) is 20.7 Å². The molecule has 2 N–H and O–H groups in total. The summed E-state index contributed by atoms with van der Waals surface area (Å²) in [5.41, 5.74) is 2.71. The minimum Gasteiger partial charge on any atom is -0.474 e. The predicted octanol–water partition coefficient (Wildman–Crippen LogP) is 3.95. The zero-order valence-corrected chi connectivity index (χ0v) is 23.5. The fourth-order valence-electron chi connectivity index (χ4n) is 5.71. The second-order valence-corrected chi connectivity index (χ2v) is 10.9. The number of aromatic nitrogens is 4. The Hall–Kier alpha value is -4.84. The third-order valence-electron chi connectivity index (χ3n) is 7.97. The van der Waals surface area contributed by atoms with Crippen LogP contribution in [0.1, 0.15) is 53.7 Å². The number of fused-ring (bicyclic) bond motifs is 2. The fraction of sp³-hybridized carbons (Fsp3) is 0.323. The lowest BCUT2D eigenvalue weighted by molar-refractivity contribution is -0.117. The molecule has 0 unspecified atom stereocenters. The molecular formula is C31H30FN7O4. The number of nitrogens with one attached hydrogen (secondary N) is 2. The Labute approximate surface area is 246 Å². The molecule has 11 nitrogen and oxygen atoms in total. The molecule has 220 valence electrons. The van der Waals surface area contributed by atoms with E-state index in [0.717, 1.165) is 19.3 Å². The van der Waals surface area contributed by atoms with E-state index in [1.165, 1.54) is 6.07 Å². The summed E-state index contributed by atoms with van der Waals surface area (Å²) < 4.78 is 30.1. The average Bonchev–Trinajstić information content (AvgIpc) is 3.63. The molecule has 2 aromatic carbocycles. The molecular weight excluding hydrogens is 553 g/mol. The molecule has 12 heteroatoms. The first kappa shape index (κ1) is 27.0. The predicted molar refractivity (Wildman–Crippen MR) is 156 cm³/mol. The quantitative estimate of drug-likeness (QED) is 0.367. The number of rotatable bonds is 5. The number of benzodiazepines with no additional fused rings is 1. The summed E-state index contributed by atoms with van der Waals surface area (Å²) in [5, 5.41) is 14.7. The van der Waals surface area contributed by atoms with E-state index in [1.54, 1.807) is 23.0 Å². The maximum absolute atomic E-state index is 14.9. The second kappa shape index (κ2) is 11.1. The number of para-hydroxylation sites is 1. The Balaban J connectivity index is 1.27. The van der Waals surface area contributed by atoms with Gasteiger partial charge in [-0.15, -0.1) is 0 Å². The molecule has 1 fully saturated rings. The van der Waals surface area contributed by atoms with E-state index < -0.39 is 23.8 Å². The van der Waals surface area contributed by atoms with Crippen molar-refractivity contribution in [2.75, 3.05) is 18.5 Å². The summed E-state index contributed by atoms with van der Waals surface area (Å²) in [5.74, 6) is -1.54. The van der Waals surface area contributed by atoms with Crippen LogP contribution in [0.4, 0.5) is 10.1 Å². The Morgan fingerprint density at radius 2 is 1.88 bits per heavy atom. The second-order valence-electron chi connectivity index (χ2n) is 10.9. The zero-order valence-electron chi connectivity index (χ0n) is 23.5. The SMILES string of the molecule is C[C@@H]1CCn2nc(-c3cnn(C4CCOCC4)c3)c(C(=O)N[C@H]3N=C(c4ccccc4)c4cccc(F)c4NC3=O)c2O1. The molecule has 5 heterocycles. The van der Waals surface area contributed by atoms with Gasteiger partial charge in [0.15, 0.2) is 0 Å². The Morgan fingerprint density at radius 3 is 2.70 bits per heavy atom. The Kier molecular flexibility index (Phi) is 6.98. The molecule has 2 aromatic heterocycles. The summed E-state index contributed by atoms with van der Waals surface area (Å²) in [6.45, 7) is 3.84. The largest absolute Gasteiger partial charge is 0.474 e. The molecule has 43 heavy (non-hydrogen) atoms. The van der Waals surface area contributed by atoms with Gasteiger partial charge in [0.2, 0.25) is 12.0 Å². The number of hydrogen-bond acceptors (Lipinski definition) is 7. The first-order valence-electron chi connectivity index (χ1n) is 14.4. The maximum atomic E-state index is 14.9. The van der Waals surface area contributed by atoms with Crippen LogP contribution in [0.25, 0.3) is 11.3 Å². The highest BCUT2D eigenvalue weighted by molar-refractivity contribution is 6.20. The van der Waals surface area contributed by atoms with Crippen LogP contribution < -0.4 is 15.4 Å². The van der Waals surface area contributed by atoms with Gasteiger partial charge in [0.1, 0.15) is 17.1 Å². The van der Waals surface area contributed by atoms with Crippen LogP contribution in [0.15, 0.2) is 65.9 Å². The lowest BCUT2D eigenvalue weighted by atomic mass is 10.0. The van der Waals surface area contributed by atoms with Gasteiger partial charge in [0, 0.05) is 49.1 Å². The van der Waals surface area contributed by atoms with Gasteiger partial charge in [0.25, 0.3) is 11.8 Å². The number of carbonyl (C=O) groups is 2. The molecule has 0 bridgehead atoms. The number of nitrogens with zero attached hydrogens (tertiary/aromatic N) is 5. The summed E-state index contributed by atoms with van der Waals surface area (Å²) in [6.07, 6.45) is 4.50. The van der Waals surface area contributed by atoms with E-state index in [9.17, 15) is 14.0 Å². The number of aryl methyl sites for hydroxylation is 1. The fourth-order valence-corrected chi connectivity index (χ4v) is 5.71. The van der Waals surface area contributed by atoms with Crippen LogP contribution in [0.3, 0.4) is 0 Å². The number of carbonyl (C=O) groups excluding carboxylic acids is 2. The topological polar surface area (TPSA) is 125 Å². The first-order chi connectivity index (χ1) is 21.0. The number of aliphatic imine (C=N–C) groups is 1. The molecule has 3 aliphatic heterocycles. The van der Waals surface area contributed by atoms with Crippen molar-refractivity contribution < 1.29 is 23.5 Å². The van der Waals surface area contributed by atoms with Crippen LogP contribution in [0, 0.1) is 5.82 Å². The number of benzene rings is 2. The maximum Gasteiger partial charge on any atom is 0.269 e. The number of amides is 2. The van der Waals surface area contributed by atoms with E-state index in [1.807, 2.05) is 48.1 Å². The molecule has 0 radical (unpaired) electrons. The van der Waals surface area contributed by atoms with Crippen molar-refractivity contribution in [3.8, 4) is 17.1 Å². The van der Waals surface area contributed by atoms with E-state index in [-0.39, 0.29) is 23.4 Å². The van der Waals surface area contributed by atoms with Crippen LogP contribution in [-0.4, -0.2) is 62.6 Å². The molecule has 4 aromatic rings. The highest BCUT2D eigenvalue weighted by atomic mass is 19.1. The molecule has 0 spiro atoms. The highest BCUT2D eigenvalue weighted by Gasteiger charge is 2.35. The van der Waals surface area contributed by atoms with Crippen LogP contribution in [0.5, 0.6) is 5.88 Å². The zero-order chi connectivity index (χ0) is 29.5. The molecule has 7 rings (SSSR count). The van der Waals surface area contributed by atoms with Gasteiger partial charge in [-0.05, 0) is 25.8 Å². The van der Waals surface area contributed by atoms with Gasteiger partial charge < -0.3 is 20.1 Å². The third-order valence-corrected chi connectivity index (χ3v) is 7.97. The minimum absolute atomic E-state index is 0.00754. The lowest BCUT2D eigenvalue weighted by Gasteiger charge is -2.22. The van der Waals surface area contributed by atoms with Gasteiger partial charge in [-0.3, -0.25) is 14.3 Å². The van der Waals surface area contributed by atoms with Crippen LogP contribution >= 0.6 is 0 Å². The number of anilines is 1. The summed E-state index contributed by atoms with van der Waals surface area (Å²) in [4.78, 5) is 32.2. The first-order valence-corrected chi connectivity index (χ1v) is 14.4. The van der Waals surface area contributed by atoms with Gasteiger partial charge in [-0.1, -0.05) is 42.5 Å². The summed E-state index contributed by atoms with van der Waals surface area (Å²) in [6, 6.07) is 13.9. The van der Waals surface area contributed by atoms with Gasteiger partial charge in [0.05, 0.1) is 29.7 Å². The van der Waals surface area contributed by atoms with Crippen molar-refractivity contribution in [1.29, 1.82) is 0 Å². The van der Waals surface area contributed by atoms with Crippen LogP contribution in [0.2, 0.25) is 0 Å².